The summed E-state index contributed by atoms with van der Waals surface area (Å²) in [7, 11) is 0. The maximum atomic E-state index is 12.8. The van der Waals surface area contributed by atoms with Gasteiger partial charge in [0.15, 0.2) is 5.65 Å². The molecule has 5 heterocycles. The normalized spacial score (nSPS) is 17.8. The average Bonchev–Trinajstić information content (AvgIpc) is 3.49. The number of aromatic nitrogens is 4. The Labute approximate surface area is 209 Å². The molecule has 184 valence electrons. The Morgan fingerprint density at radius 1 is 1.14 bits per heavy atom. The van der Waals surface area contributed by atoms with E-state index >= 15 is 0 Å². The van der Waals surface area contributed by atoms with Gasteiger partial charge < -0.3 is 20.6 Å². The van der Waals surface area contributed by atoms with Crippen LogP contribution >= 0.6 is 0 Å². The molecule has 2 aliphatic heterocycles. The monoisotopic (exact) mass is 483 g/mol. The number of hydrogen-bond acceptors (Lipinski definition) is 7. The first-order valence-electron chi connectivity index (χ1n) is 12.3. The summed E-state index contributed by atoms with van der Waals surface area (Å²) in [6.07, 6.45) is 11.1. The van der Waals surface area contributed by atoms with Gasteiger partial charge >= 0.3 is 0 Å². The predicted octanol–water partition coefficient (Wildman–Crippen LogP) is 3.77. The van der Waals surface area contributed by atoms with Gasteiger partial charge in [-0.3, -0.25) is 14.2 Å². The number of piperidine rings is 1. The number of imidazole rings is 1. The van der Waals surface area contributed by atoms with Gasteiger partial charge in [-0.15, -0.1) is 0 Å². The van der Waals surface area contributed by atoms with E-state index in [9.17, 15) is 9.90 Å². The van der Waals surface area contributed by atoms with Gasteiger partial charge in [0.2, 0.25) is 0 Å². The summed E-state index contributed by atoms with van der Waals surface area (Å²) in [4.78, 5) is 28.3. The number of carbonyl (C=O) groups is 1. The fraction of sp³-hybridized carbons (Fsp3) is 0.333. The summed E-state index contributed by atoms with van der Waals surface area (Å²) in [6, 6.07) is 7.93. The van der Waals surface area contributed by atoms with Crippen LogP contribution in [-0.2, 0) is 6.54 Å². The highest BCUT2D eigenvalue weighted by molar-refractivity contribution is 6.06. The Morgan fingerprint density at radius 2 is 2.03 bits per heavy atom. The minimum atomic E-state index is -0.694. The van der Waals surface area contributed by atoms with Crippen LogP contribution in [0.2, 0.25) is 0 Å². The van der Waals surface area contributed by atoms with Gasteiger partial charge in [-0.1, -0.05) is 6.07 Å². The van der Waals surface area contributed by atoms with Crippen molar-refractivity contribution >= 4 is 28.7 Å². The Balaban J connectivity index is 1.27. The minimum Gasteiger partial charge on any atom is -0.390 e. The molecule has 0 unspecified atom stereocenters. The van der Waals surface area contributed by atoms with Crippen LogP contribution in [0.4, 0.5) is 17.2 Å². The Bertz CT molecular complexity index is 1440. The quantitative estimate of drug-likeness (QED) is 0.397. The molecule has 3 N–H and O–H groups in total. The number of amides is 1. The lowest BCUT2D eigenvalue weighted by Crippen LogP contribution is -2.44. The zero-order chi connectivity index (χ0) is 24.9. The van der Waals surface area contributed by atoms with Gasteiger partial charge in [-0.2, -0.15) is 0 Å². The molecule has 1 atom stereocenters. The number of anilines is 3. The summed E-state index contributed by atoms with van der Waals surface area (Å²) in [5.74, 6) is 0.797. The Morgan fingerprint density at radius 3 is 2.83 bits per heavy atom. The van der Waals surface area contributed by atoms with Crippen molar-refractivity contribution in [2.75, 3.05) is 23.3 Å². The number of hydrogen-bond donors (Lipinski definition) is 3. The summed E-state index contributed by atoms with van der Waals surface area (Å²) in [5.41, 5.74) is 5.27. The molecule has 9 nitrogen and oxygen atoms in total. The van der Waals surface area contributed by atoms with E-state index < -0.39 is 5.60 Å². The highest BCUT2D eigenvalue weighted by atomic mass is 16.3. The van der Waals surface area contributed by atoms with Crippen LogP contribution in [0.3, 0.4) is 0 Å². The fourth-order valence-corrected chi connectivity index (χ4v) is 5.31. The van der Waals surface area contributed by atoms with Crippen molar-refractivity contribution in [2.24, 2.45) is 5.92 Å². The molecule has 1 amide bonds. The van der Waals surface area contributed by atoms with Crippen LogP contribution < -0.4 is 15.5 Å². The number of nitrogens with zero attached hydrogens (tertiary/aromatic N) is 5. The number of benzene rings is 1. The number of fused-ring (bicyclic) bond motifs is 2. The number of rotatable bonds is 5. The number of nitrogens with one attached hydrogen (secondary N) is 2. The molecule has 0 radical (unpaired) electrons. The van der Waals surface area contributed by atoms with E-state index in [1.54, 1.807) is 12.4 Å². The number of pyridine rings is 1. The molecule has 1 fully saturated rings. The summed E-state index contributed by atoms with van der Waals surface area (Å²) in [5, 5.41) is 16.8. The van der Waals surface area contributed by atoms with Gasteiger partial charge in [0.1, 0.15) is 5.82 Å². The van der Waals surface area contributed by atoms with E-state index in [2.05, 4.69) is 30.5 Å². The predicted molar refractivity (Wildman–Crippen MR) is 138 cm³/mol. The van der Waals surface area contributed by atoms with Gasteiger partial charge in [-0.25, -0.2) is 9.97 Å². The SMILES string of the molecule is CC(C)(O)[C@@H]1CCCN(c2ccc(Nc3ccc(-c4cnc5cnccn45)c4c3C(=O)NC4)nc2)C1. The summed E-state index contributed by atoms with van der Waals surface area (Å²) >= 11 is 0. The maximum absolute atomic E-state index is 12.8. The van der Waals surface area contributed by atoms with Crippen LogP contribution in [0.25, 0.3) is 16.9 Å². The van der Waals surface area contributed by atoms with Crippen LogP contribution in [0.15, 0.2) is 55.2 Å². The first kappa shape index (κ1) is 22.5. The van der Waals surface area contributed by atoms with E-state index in [-0.39, 0.29) is 11.8 Å². The fourth-order valence-electron chi connectivity index (χ4n) is 5.31. The first-order valence-corrected chi connectivity index (χ1v) is 12.3. The lowest BCUT2D eigenvalue weighted by molar-refractivity contribution is 0.0110. The van der Waals surface area contributed by atoms with E-state index in [0.717, 1.165) is 59.8 Å². The van der Waals surface area contributed by atoms with Crippen molar-refractivity contribution in [3.8, 4) is 11.3 Å². The molecule has 0 bridgehead atoms. The van der Waals surface area contributed by atoms with Crippen LogP contribution in [0, 0.1) is 5.92 Å². The average molecular weight is 484 g/mol. The van der Waals surface area contributed by atoms with E-state index in [1.165, 1.54) is 0 Å². The molecular weight excluding hydrogens is 454 g/mol. The molecule has 3 aromatic heterocycles. The summed E-state index contributed by atoms with van der Waals surface area (Å²) < 4.78 is 1.97. The molecule has 1 saturated heterocycles. The third-order valence-electron chi connectivity index (χ3n) is 7.36. The van der Waals surface area contributed by atoms with Gasteiger partial charge in [-0.05, 0) is 50.5 Å². The molecule has 4 aromatic rings. The molecule has 2 aliphatic rings. The van der Waals surface area contributed by atoms with Gasteiger partial charge in [0.25, 0.3) is 5.91 Å². The van der Waals surface area contributed by atoms with Crippen LogP contribution in [0.1, 0.15) is 42.6 Å². The van der Waals surface area contributed by atoms with Crippen molar-refractivity contribution < 1.29 is 9.90 Å². The lowest BCUT2D eigenvalue weighted by atomic mass is 9.84. The van der Waals surface area contributed by atoms with Crippen LogP contribution in [-0.4, -0.2) is 49.1 Å². The second-order valence-electron chi connectivity index (χ2n) is 10.1. The standard InChI is InChI=1S/C27H29N7O2/c1-27(2,36)17-4-3-10-33(16-17)18-5-8-23(29-12-18)32-21-7-6-19(20-13-31-26(35)25(20)21)22-14-30-24-15-28-9-11-34(22)24/h5-9,11-12,14-15,17,36H,3-4,10,13,16H2,1-2H3,(H,29,32)(H,31,35)/t17-/m1/s1. The highest BCUT2D eigenvalue weighted by Gasteiger charge is 2.31. The highest BCUT2D eigenvalue weighted by Crippen LogP contribution is 2.36. The Kier molecular flexibility index (Phi) is 5.37. The molecule has 0 aliphatic carbocycles. The molecule has 6 rings (SSSR count). The van der Waals surface area contributed by atoms with E-state index in [4.69, 9.17) is 0 Å². The third kappa shape index (κ3) is 3.95. The van der Waals surface area contributed by atoms with Crippen molar-refractivity contribution in [1.29, 1.82) is 0 Å². The molecule has 36 heavy (non-hydrogen) atoms. The number of carbonyl (C=O) groups excluding carboxylic acids is 1. The van der Waals surface area contributed by atoms with Crippen molar-refractivity contribution in [2.45, 2.75) is 38.8 Å². The Hall–Kier alpha value is -3.98. The van der Waals surface area contributed by atoms with Gasteiger partial charge in [0.05, 0.1) is 46.8 Å². The zero-order valence-corrected chi connectivity index (χ0v) is 20.4. The maximum Gasteiger partial charge on any atom is 0.254 e. The second kappa shape index (κ2) is 8.60. The first-order chi connectivity index (χ1) is 17.4. The van der Waals surface area contributed by atoms with Crippen LogP contribution in [0.5, 0.6) is 0 Å². The third-order valence-corrected chi connectivity index (χ3v) is 7.36. The van der Waals surface area contributed by atoms with Gasteiger partial charge in [0, 0.05) is 43.5 Å². The molecule has 1 aromatic carbocycles. The molecular formula is C27H29N7O2. The second-order valence-corrected chi connectivity index (χ2v) is 10.1. The minimum absolute atomic E-state index is 0.104. The van der Waals surface area contributed by atoms with E-state index in [1.807, 2.05) is 61.1 Å². The summed E-state index contributed by atoms with van der Waals surface area (Å²) in [6.45, 7) is 6.00. The molecule has 9 heteroatoms. The molecule has 0 saturated carbocycles. The number of aliphatic hydroxyl groups is 1. The zero-order valence-electron chi connectivity index (χ0n) is 20.4. The topological polar surface area (TPSA) is 108 Å². The smallest absolute Gasteiger partial charge is 0.254 e. The van der Waals surface area contributed by atoms with Crippen molar-refractivity contribution in [3.05, 3.63) is 66.4 Å². The molecule has 0 spiro atoms. The lowest BCUT2D eigenvalue weighted by Gasteiger charge is -2.39. The van der Waals surface area contributed by atoms with Crippen molar-refractivity contribution in [3.63, 3.8) is 0 Å². The van der Waals surface area contributed by atoms with E-state index in [0.29, 0.717) is 17.9 Å². The van der Waals surface area contributed by atoms with Crippen molar-refractivity contribution in [1.82, 2.24) is 24.7 Å². The largest absolute Gasteiger partial charge is 0.390 e.